The monoisotopic (exact) mass is 467 g/mol. The SMILES string of the molecule is CC[C@H](C)[C@@H]([C@@H](CC(=O)Oc1c(F)c(F)c(F)c(F)c1F)OC)N(C)C(=O)[C@@H](C)C(C)C. The highest BCUT2D eigenvalue weighted by molar-refractivity contribution is 5.79. The van der Waals surface area contributed by atoms with Crippen molar-refractivity contribution in [2.45, 2.75) is 59.6 Å². The molecule has 0 aliphatic heterocycles. The van der Waals surface area contributed by atoms with Gasteiger partial charge in [-0.15, -0.1) is 0 Å². The summed E-state index contributed by atoms with van der Waals surface area (Å²) >= 11 is 0. The van der Waals surface area contributed by atoms with E-state index >= 15 is 0 Å². The van der Waals surface area contributed by atoms with Crippen molar-refractivity contribution in [1.29, 1.82) is 0 Å². The van der Waals surface area contributed by atoms with Gasteiger partial charge in [0.1, 0.15) is 0 Å². The van der Waals surface area contributed by atoms with E-state index in [1.54, 1.807) is 14.0 Å². The topological polar surface area (TPSA) is 55.8 Å². The summed E-state index contributed by atoms with van der Waals surface area (Å²) in [5.41, 5.74) is 0. The number of nitrogens with zero attached hydrogens (tertiary/aromatic N) is 1. The number of hydrogen-bond donors (Lipinski definition) is 0. The third-order valence-corrected chi connectivity index (χ3v) is 5.85. The molecule has 32 heavy (non-hydrogen) atoms. The summed E-state index contributed by atoms with van der Waals surface area (Å²) in [6, 6.07) is -0.609. The van der Waals surface area contributed by atoms with Gasteiger partial charge in [-0.25, -0.2) is 13.2 Å². The molecule has 0 aromatic heterocycles. The van der Waals surface area contributed by atoms with Gasteiger partial charge < -0.3 is 14.4 Å². The fourth-order valence-corrected chi connectivity index (χ4v) is 3.33. The van der Waals surface area contributed by atoms with E-state index in [1.165, 1.54) is 12.0 Å². The lowest BCUT2D eigenvalue weighted by atomic mass is 9.89. The van der Waals surface area contributed by atoms with Gasteiger partial charge >= 0.3 is 5.97 Å². The molecule has 0 aliphatic carbocycles. The molecule has 0 unspecified atom stereocenters. The summed E-state index contributed by atoms with van der Waals surface area (Å²) in [7, 11) is 2.86. The molecule has 0 spiro atoms. The highest BCUT2D eigenvalue weighted by Gasteiger charge is 2.37. The number of methoxy groups -OCH3 is 1. The Morgan fingerprint density at radius 1 is 0.906 bits per heavy atom. The van der Waals surface area contributed by atoms with Crippen molar-refractivity contribution in [2.24, 2.45) is 17.8 Å². The van der Waals surface area contributed by atoms with Crippen LogP contribution in [0.25, 0.3) is 0 Å². The first-order valence-corrected chi connectivity index (χ1v) is 10.3. The largest absolute Gasteiger partial charge is 0.420 e. The molecule has 4 atom stereocenters. The second-order valence-corrected chi connectivity index (χ2v) is 8.21. The number of hydrogen-bond acceptors (Lipinski definition) is 4. The van der Waals surface area contributed by atoms with Crippen molar-refractivity contribution in [2.75, 3.05) is 14.2 Å². The second-order valence-electron chi connectivity index (χ2n) is 8.21. The minimum Gasteiger partial charge on any atom is -0.420 e. The Morgan fingerprint density at radius 2 is 1.38 bits per heavy atom. The zero-order chi connectivity index (χ0) is 24.9. The number of amides is 1. The molecule has 182 valence electrons. The smallest absolute Gasteiger partial charge is 0.314 e. The van der Waals surface area contributed by atoms with Crippen LogP contribution in [0.4, 0.5) is 22.0 Å². The zero-order valence-electron chi connectivity index (χ0n) is 19.3. The van der Waals surface area contributed by atoms with Crippen LogP contribution in [0.1, 0.15) is 47.5 Å². The van der Waals surface area contributed by atoms with Gasteiger partial charge in [0, 0.05) is 20.1 Å². The number of likely N-dealkylation sites (N-methyl/N-ethyl adjacent to an activating group) is 1. The molecule has 0 heterocycles. The highest BCUT2D eigenvalue weighted by atomic mass is 19.2. The summed E-state index contributed by atoms with van der Waals surface area (Å²) in [5, 5.41) is 0. The molecule has 0 fully saturated rings. The van der Waals surface area contributed by atoms with Gasteiger partial charge in [0.2, 0.25) is 40.7 Å². The van der Waals surface area contributed by atoms with E-state index in [-0.39, 0.29) is 23.7 Å². The third-order valence-electron chi connectivity index (χ3n) is 5.85. The van der Waals surface area contributed by atoms with Crippen LogP contribution in [0.15, 0.2) is 0 Å². The first-order valence-electron chi connectivity index (χ1n) is 10.3. The Labute approximate surface area is 184 Å². The number of ether oxygens (including phenoxy) is 2. The molecule has 0 saturated carbocycles. The number of esters is 1. The first kappa shape index (κ1) is 27.8. The van der Waals surface area contributed by atoms with Crippen LogP contribution in [-0.4, -0.2) is 43.1 Å². The molecule has 1 rings (SSSR count). The summed E-state index contributed by atoms with van der Waals surface area (Å²) in [6.45, 7) is 9.28. The van der Waals surface area contributed by atoms with Gasteiger partial charge in [0.05, 0.1) is 18.6 Å². The molecule has 5 nitrogen and oxygen atoms in total. The predicted octanol–water partition coefficient (Wildman–Crippen LogP) is 4.86. The Hall–Kier alpha value is -2.23. The van der Waals surface area contributed by atoms with E-state index < -0.39 is 59.4 Å². The predicted molar refractivity (Wildman–Crippen MR) is 107 cm³/mol. The third kappa shape index (κ3) is 5.96. The normalized spacial score (nSPS) is 15.3. The molecule has 0 bridgehead atoms. The molecule has 1 amide bonds. The average Bonchev–Trinajstić information content (AvgIpc) is 2.76. The number of carbonyl (C=O) groups is 2. The Balaban J connectivity index is 3.18. The van der Waals surface area contributed by atoms with E-state index in [2.05, 4.69) is 4.74 Å². The maximum Gasteiger partial charge on any atom is 0.314 e. The fraction of sp³-hybridized carbons (Fsp3) is 0.636. The minimum absolute atomic E-state index is 0.0581. The Morgan fingerprint density at radius 3 is 1.78 bits per heavy atom. The first-order chi connectivity index (χ1) is 14.8. The van der Waals surface area contributed by atoms with Crippen LogP contribution >= 0.6 is 0 Å². The lowest BCUT2D eigenvalue weighted by Gasteiger charge is -2.39. The molecule has 0 aliphatic rings. The summed E-state index contributed by atoms with van der Waals surface area (Å²) in [5.74, 6) is -14.8. The quantitative estimate of drug-likeness (QED) is 0.162. The van der Waals surface area contributed by atoms with Crippen LogP contribution in [-0.2, 0) is 14.3 Å². The minimum atomic E-state index is -2.36. The molecule has 1 aromatic carbocycles. The number of carbonyl (C=O) groups excluding carboxylic acids is 2. The standard InChI is InChI=1S/C22H30F5NO4/c1-8-11(4)20(28(6)22(30)12(5)10(2)3)13(31-7)9-14(29)32-21-18(26)16(24)15(23)17(25)19(21)27/h10-13,20H,8-9H2,1-7H3/t11-,12-,13+,20-/m0/s1. The number of halogens is 5. The van der Waals surface area contributed by atoms with Crippen molar-refractivity contribution in [3.05, 3.63) is 29.1 Å². The van der Waals surface area contributed by atoms with Crippen LogP contribution in [0.3, 0.4) is 0 Å². The van der Waals surface area contributed by atoms with Gasteiger partial charge in [-0.2, -0.15) is 8.78 Å². The van der Waals surface area contributed by atoms with E-state index in [9.17, 15) is 31.5 Å². The van der Waals surface area contributed by atoms with Crippen molar-refractivity contribution >= 4 is 11.9 Å². The molecular weight excluding hydrogens is 437 g/mol. The van der Waals surface area contributed by atoms with E-state index in [0.717, 1.165) is 0 Å². The second kappa shape index (κ2) is 11.6. The van der Waals surface area contributed by atoms with Gasteiger partial charge in [-0.3, -0.25) is 9.59 Å². The van der Waals surface area contributed by atoms with Crippen molar-refractivity contribution in [1.82, 2.24) is 4.90 Å². The van der Waals surface area contributed by atoms with Crippen LogP contribution in [0, 0.1) is 46.8 Å². The molecule has 0 N–H and O–H groups in total. The Bertz CT molecular complexity index is 804. The van der Waals surface area contributed by atoms with Crippen LogP contribution < -0.4 is 4.74 Å². The van der Waals surface area contributed by atoms with Gasteiger partial charge in [0.25, 0.3) is 0 Å². The van der Waals surface area contributed by atoms with Gasteiger partial charge in [-0.1, -0.05) is 41.0 Å². The summed E-state index contributed by atoms with van der Waals surface area (Å²) in [6.07, 6.45) is -0.921. The Kier molecular flexibility index (Phi) is 10.1. The van der Waals surface area contributed by atoms with Gasteiger partial charge in [-0.05, 0) is 11.8 Å². The number of benzene rings is 1. The maximum atomic E-state index is 13.8. The average molecular weight is 467 g/mol. The molecular formula is C22H30F5NO4. The number of rotatable bonds is 10. The molecule has 10 heteroatoms. The maximum absolute atomic E-state index is 13.8. The molecule has 0 saturated heterocycles. The van der Waals surface area contributed by atoms with E-state index in [4.69, 9.17) is 4.74 Å². The van der Waals surface area contributed by atoms with Gasteiger partial charge in [0.15, 0.2) is 0 Å². The summed E-state index contributed by atoms with van der Waals surface area (Å²) < 4.78 is 77.5. The lowest BCUT2D eigenvalue weighted by molar-refractivity contribution is -0.147. The highest BCUT2D eigenvalue weighted by Crippen LogP contribution is 2.30. The van der Waals surface area contributed by atoms with Crippen molar-refractivity contribution in [3.63, 3.8) is 0 Å². The lowest BCUT2D eigenvalue weighted by Crippen LogP contribution is -2.51. The summed E-state index contributed by atoms with van der Waals surface area (Å²) in [4.78, 5) is 26.7. The molecule has 0 radical (unpaired) electrons. The fourth-order valence-electron chi connectivity index (χ4n) is 3.33. The van der Waals surface area contributed by atoms with Crippen molar-refractivity contribution < 1.29 is 41.0 Å². The zero-order valence-corrected chi connectivity index (χ0v) is 19.3. The molecule has 1 aromatic rings. The van der Waals surface area contributed by atoms with Crippen LogP contribution in [0.5, 0.6) is 5.75 Å². The van der Waals surface area contributed by atoms with E-state index in [1.807, 2.05) is 27.7 Å². The van der Waals surface area contributed by atoms with Crippen LogP contribution in [0.2, 0.25) is 0 Å². The van der Waals surface area contributed by atoms with Crippen molar-refractivity contribution in [3.8, 4) is 5.75 Å². The van der Waals surface area contributed by atoms with E-state index in [0.29, 0.717) is 6.42 Å².